The number of benzene rings is 1. The maximum atomic E-state index is 5.81. The lowest BCUT2D eigenvalue weighted by Gasteiger charge is -2.38. The van der Waals surface area contributed by atoms with Crippen LogP contribution in [-0.2, 0) is 8.85 Å². The molecule has 0 saturated heterocycles. The van der Waals surface area contributed by atoms with Gasteiger partial charge >= 0.3 is 8.56 Å². The molecule has 0 spiro atoms. The lowest BCUT2D eigenvalue weighted by atomic mass is 10.2. The van der Waals surface area contributed by atoms with Crippen molar-refractivity contribution in [2.75, 3.05) is 20.8 Å². The molecule has 0 heterocycles. The third-order valence-corrected chi connectivity index (χ3v) is 7.33. The van der Waals surface area contributed by atoms with Gasteiger partial charge in [-0.15, -0.1) is 0 Å². The van der Waals surface area contributed by atoms with E-state index in [9.17, 15) is 0 Å². The van der Waals surface area contributed by atoms with Crippen molar-refractivity contribution in [2.45, 2.75) is 32.7 Å². The van der Waals surface area contributed by atoms with Crippen molar-refractivity contribution < 1.29 is 13.6 Å². The molecule has 0 atom stereocenters. The van der Waals surface area contributed by atoms with E-state index in [0.29, 0.717) is 6.61 Å². The van der Waals surface area contributed by atoms with Crippen LogP contribution >= 0.6 is 0 Å². The van der Waals surface area contributed by atoms with Crippen LogP contribution in [0.4, 0.5) is 0 Å². The van der Waals surface area contributed by atoms with E-state index in [2.05, 4.69) is 32.9 Å². The molecule has 102 valence electrons. The van der Waals surface area contributed by atoms with Crippen LogP contribution in [0.2, 0.25) is 5.04 Å². The van der Waals surface area contributed by atoms with E-state index >= 15 is 0 Å². The normalized spacial score (nSPS) is 12.6. The van der Waals surface area contributed by atoms with Crippen molar-refractivity contribution in [1.82, 2.24) is 0 Å². The van der Waals surface area contributed by atoms with Crippen LogP contribution < -0.4 is 9.92 Å². The van der Waals surface area contributed by atoms with Crippen molar-refractivity contribution in [2.24, 2.45) is 0 Å². The first kappa shape index (κ1) is 15.2. The molecule has 0 N–H and O–H groups in total. The van der Waals surface area contributed by atoms with Crippen LogP contribution in [0.15, 0.2) is 24.3 Å². The molecule has 1 aromatic carbocycles. The van der Waals surface area contributed by atoms with Crippen molar-refractivity contribution in [3.05, 3.63) is 24.3 Å². The molecule has 0 unspecified atom stereocenters. The molecule has 0 aliphatic carbocycles. The smallest absolute Gasteiger partial charge is 0.377 e. The first-order chi connectivity index (χ1) is 8.41. The number of rotatable bonds is 5. The Bertz CT molecular complexity index is 364. The third kappa shape index (κ3) is 2.76. The van der Waals surface area contributed by atoms with Gasteiger partial charge in [-0.3, -0.25) is 0 Å². The zero-order valence-corrected chi connectivity index (χ0v) is 13.2. The van der Waals surface area contributed by atoms with E-state index in [0.717, 1.165) is 10.9 Å². The summed E-state index contributed by atoms with van der Waals surface area (Å²) in [6.45, 7) is 9.12. The second kappa shape index (κ2) is 5.86. The standard InChI is InChI=1S/C14H24O3Si/c1-7-17-12-8-10-13(11-9-12)18(15-5,16-6)14(2,3)4/h8-11H,7H2,1-6H3. The van der Waals surface area contributed by atoms with Gasteiger partial charge in [-0.05, 0) is 24.2 Å². The molecule has 0 radical (unpaired) electrons. The largest absolute Gasteiger partial charge is 0.494 e. The summed E-state index contributed by atoms with van der Waals surface area (Å²) in [6.07, 6.45) is 0. The number of hydrogen-bond donors (Lipinski definition) is 0. The Hall–Kier alpha value is -0.843. The average molecular weight is 268 g/mol. The minimum absolute atomic E-state index is 0.0381. The molecule has 0 bridgehead atoms. The Morgan fingerprint density at radius 1 is 1.00 bits per heavy atom. The Kier molecular flexibility index (Phi) is 4.96. The van der Waals surface area contributed by atoms with Gasteiger partial charge in [0.25, 0.3) is 0 Å². The maximum absolute atomic E-state index is 5.81. The van der Waals surface area contributed by atoms with Gasteiger partial charge < -0.3 is 13.6 Å². The predicted molar refractivity (Wildman–Crippen MR) is 76.7 cm³/mol. The van der Waals surface area contributed by atoms with E-state index < -0.39 is 8.56 Å². The minimum Gasteiger partial charge on any atom is -0.494 e. The topological polar surface area (TPSA) is 27.7 Å². The van der Waals surface area contributed by atoms with Crippen molar-refractivity contribution in [3.63, 3.8) is 0 Å². The summed E-state index contributed by atoms with van der Waals surface area (Å²) in [5.74, 6) is 0.880. The molecule has 0 aromatic heterocycles. The molecule has 18 heavy (non-hydrogen) atoms. The molecule has 0 aliphatic heterocycles. The Morgan fingerprint density at radius 2 is 1.50 bits per heavy atom. The second-order valence-electron chi connectivity index (χ2n) is 5.23. The first-order valence-corrected chi connectivity index (χ1v) is 8.06. The molecule has 0 fully saturated rings. The van der Waals surface area contributed by atoms with Crippen molar-refractivity contribution in [3.8, 4) is 5.75 Å². The fourth-order valence-corrected chi connectivity index (χ4v) is 5.64. The summed E-state index contributed by atoms with van der Waals surface area (Å²) in [6, 6.07) is 8.06. The molecular formula is C14H24O3Si. The quantitative estimate of drug-likeness (QED) is 0.769. The molecule has 3 nitrogen and oxygen atoms in total. The number of ether oxygens (including phenoxy) is 1. The second-order valence-corrected chi connectivity index (χ2v) is 9.36. The highest BCUT2D eigenvalue weighted by molar-refractivity contribution is 6.83. The Labute approximate surface area is 111 Å². The summed E-state index contributed by atoms with van der Waals surface area (Å²) in [5.41, 5.74) is 0. The number of hydrogen-bond acceptors (Lipinski definition) is 3. The molecule has 1 rings (SSSR count). The van der Waals surface area contributed by atoms with E-state index in [-0.39, 0.29) is 5.04 Å². The zero-order chi connectivity index (χ0) is 13.8. The monoisotopic (exact) mass is 268 g/mol. The highest BCUT2D eigenvalue weighted by atomic mass is 28.4. The van der Waals surface area contributed by atoms with Crippen molar-refractivity contribution in [1.29, 1.82) is 0 Å². The summed E-state index contributed by atoms with van der Waals surface area (Å²) < 4.78 is 17.1. The summed E-state index contributed by atoms with van der Waals surface area (Å²) in [4.78, 5) is 0. The van der Waals surface area contributed by atoms with Gasteiger partial charge in [0.05, 0.1) is 6.61 Å². The van der Waals surface area contributed by atoms with E-state index in [4.69, 9.17) is 13.6 Å². The van der Waals surface area contributed by atoms with Gasteiger partial charge in [0.2, 0.25) is 0 Å². The van der Waals surface area contributed by atoms with Gasteiger partial charge in [-0.2, -0.15) is 0 Å². The lowest BCUT2D eigenvalue weighted by Crippen LogP contribution is -2.59. The summed E-state index contributed by atoms with van der Waals surface area (Å²) in [5, 5.41) is 1.09. The van der Waals surface area contributed by atoms with Crippen LogP contribution in [0.5, 0.6) is 5.75 Å². The highest BCUT2D eigenvalue weighted by Gasteiger charge is 2.49. The third-order valence-electron chi connectivity index (χ3n) is 3.11. The molecule has 4 heteroatoms. The average Bonchev–Trinajstić information content (AvgIpc) is 2.32. The zero-order valence-electron chi connectivity index (χ0n) is 12.2. The van der Waals surface area contributed by atoms with Gasteiger partial charge in [0.1, 0.15) is 5.75 Å². The van der Waals surface area contributed by atoms with Crippen LogP contribution in [0.3, 0.4) is 0 Å². The maximum Gasteiger partial charge on any atom is 0.377 e. The minimum atomic E-state index is -2.42. The van der Waals surface area contributed by atoms with E-state index in [1.54, 1.807) is 14.2 Å². The van der Waals surface area contributed by atoms with Crippen LogP contribution in [0, 0.1) is 0 Å². The fraction of sp³-hybridized carbons (Fsp3) is 0.571. The van der Waals surface area contributed by atoms with Gasteiger partial charge in [-0.1, -0.05) is 32.9 Å². The van der Waals surface area contributed by atoms with E-state index in [1.165, 1.54) is 0 Å². The SMILES string of the molecule is CCOc1ccc([Si](OC)(OC)C(C)(C)C)cc1. The molecule has 0 aliphatic rings. The van der Waals surface area contributed by atoms with Crippen LogP contribution in [0.25, 0.3) is 0 Å². The molecule has 0 saturated carbocycles. The first-order valence-electron chi connectivity index (χ1n) is 6.25. The van der Waals surface area contributed by atoms with Crippen molar-refractivity contribution >= 4 is 13.7 Å². The highest BCUT2D eigenvalue weighted by Crippen LogP contribution is 2.36. The van der Waals surface area contributed by atoms with Gasteiger partial charge in [0.15, 0.2) is 0 Å². The molecule has 1 aromatic rings. The van der Waals surface area contributed by atoms with E-state index in [1.807, 2.05) is 19.1 Å². The molecular weight excluding hydrogens is 244 g/mol. The Balaban J connectivity index is 3.15. The summed E-state index contributed by atoms with van der Waals surface area (Å²) >= 11 is 0. The lowest BCUT2D eigenvalue weighted by molar-refractivity contribution is 0.230. The van der Waals surface area contributed by atoms with Gasteiger partial charge in [0, 0.05) is 19.3 Å². The van der Waals surface area contributed by atoms with Crippen LogP contribution in [0.1, 0.15) is 27.7 Å². The predicted octanol–water partition coefficient (Wildman–Crippen LogP) is 2.83. The Morgan fingerprint density at radius 3 is 1.83 bits per heavy atom. The molecule has 0 amide bonds. The van der Waals surface area contributed by atoms with Gasteiger partial charge in [-0.25, -0.2) is 0 Å². The summed E-state index contributed by atoms with van der Waals surface area (Å²) in [7, 11) is 1.04. The fourth-order valence-electron chi connectivity index (χ4n) is 2.30. The van der Waals surface area contributed by atoms with Crippen LogP contribution in [-0.4, -0.2) is 29.4 Å².